The highest BCUT2D eigenvalue weighted by Crippen LogP contribution is 2.35. The second-order valence-corrected chi connectivity index (χ2v) is 7.22. The minimum atomic E-state index is -1.13. The Bertz CT molecular complexity index is 901. The first-order valence-corrected chi connectivity index (χ1v) is 9.25. The monoisotopic (exact) mass is 380 g/mol. The van der Waals surface area contributed by atoms with Gasteiger partial charge in [0.15, 0.2) is 16.3 Å². The number of carbonyl (C=O) groups excluding carboxylic acids is 1. The summed E-state index contributed by atoms with van der Waals surface area (Å²) in [6.45, 7) is 1.26. The van der Waals surface area contributed by atoms with Crippen LogP contribution < -0.4 is 16.6 Å². The highest BCUT2D eigenvalue weighted by Gasteiger charge is 2.27. The summed E-state index contributed by atoms with van der Waals surface area (Å²) in [4.78, 5) is 45.7. The SMILES string of the molecule is CC(=O)N[C@@H](CSc1nc2c(=O)[nH]c(N)nc2n1C1CCCC1)C(=O)O. The number of carboxylic acid groups (broad SMARTS) is 1. The Morgan fingerprint density at radius 1 is 1.42 bits per heavy atom. The van der Waals surface area contributed by atoms with E-state index in [2.05, 4.69) is 20.3 Å². The Hall–Kier alpha value is -2.56. The number of aliphatic carboxylic acids is 1. The lowest BCUT2D eigenvalue weighted by Gasteiger charge is -2.17. The van der Waals surface area contributed by atoms with Crippen LogP contribution >= 0.6 is 11.8 Å². The van der Waals surface area contributed by atoms with Gasteiger partial charge in [-0.3, -0.25) is 14.6 Å². The molecule has 2 aromatic rings. The molecule has 26 heavy (non-hydrogen) atoms. The molecule has 0 aromatic carbocycles. The molecule has 1 atom stereocenters. The van der Waals surface area contributed by atoms with Crippen LogP contribution in [0.3, 0.4) is 0 Å². The zero-order valence-electron chi connectivity index (χ0n) is 14.2. The number of aromatic nitrogens is 4. The van der Waals surface area contributed by atoms with Crippen molar-refractivity contribution in [1.82, 2.24) is 24.8 Å². The molecule has 1 amide bonds. The number of thioether (sulfide) groups is 1. The molecular weight excluding hydrogens is 360 g/mol. The number of imidazole rings is 1. The third-order valence-electron chi connectivity index (χ3n) is 4.28. The largest absolute Gasteiger partial charge is 0.480 e. The van der Waals surface area contributed by atoms with E-state index in [1.54, 1.807) is 0 Å². The standard InChI is InChI=1S/C15H20N6O4S/c1-7(22)17-9(13(24)25)6-26-15-18-10-11(19-14(16)20-12(10)23)21(15)8-4-2-3-5-8/h8-9H,2-6H2,1H3,(H,17,22)(H,24,25)(H3,16,19,20,23)/t9-/m0/s1. The number of nitrogens with one attached hydrogen (secondary N) is 2. The molecular formula is C15H20N6O4S. The smallest absolute Gasteiger partial charge is 0.327 e. The molecule has 3 rings (SSSR count). The van der Waals surface area contributed by atoms with Crippen LogP contribution in [0.5, 0.6) is 0 Å². The number of rotatable bonds is 6. The van der Waals surface area contributed by atoms with Crippen LogP contribution in [-0.2, 0) is 9.59 Å². The fourth-order valence-electron chi connectivity index (χ4n) is 3.15. The van der Waals surface area contributed by atoms with Crippen molar-refractivity contribution in [3.8, 4) is 0 Å². The zero-order valence-corrected chi connectivity index (χ0v) is 15.0. The van der Waals surface area contributed by atoms with E-state index in [-0.39, 0.29) is 23.3 Å². The molecule has 11 heteroatoms. The number of amides is 1. The lowest BCUT2D eigenvalue weighted by atomic mass is 10.2. The molecule has 0 radical (unpaired) electrons. The van der Waals surface area contributed by atoms with Gasteiger partial charge in [0.2, 0.25) is 11.9 Å². The molecule has 1 saturated carbocycles. The van der Waals surface area contributed by atoms with Gasteiger partial charge in [0.05, 0.1) is 0 Å². The van der Waals surface area contributed by atoms with Gasteiger partial charge in [0, 0.05) is 18.7 Å². The molecule has 1 aliphatic carbocycles. The summed E-state index contributed by atoms with van der Waals surface area (Å²) in [5.74, 6) is -1.46. The maximum absolute atomic E-state index is 12.2. The Labute approximate surface area is 152 Å². The van der Waals surface area contributed by atoms with Gasteiger partial charge in [-0.2, -0.15) is 4.98 Å². The van der Waals surface area contributed by atoms with Crippen molar-refractivity contribution < 1.29 is 14.7 Å². The third-order valence-corrected chi connectivity index (χ3v) is 5.33. The van der Waals surface area contributed by atoms with E-state index in [9.17, 15) is 19.5 Å². The Kier molecular flexibility index (Phi) is 5.16. The number of carbonyl (C=O) groups is 2. The molecule has 2 aromatic heterocycles. The Morgan fingerprint density at radius 2 is 2.12 bits per heavy atom. The Morgan fingerprint density at radius 3 is 2.73 bits per heavy atom. The van der Waals surface area contributed by atoms with Crippen LogP contribution in [0.4, 0.5) is 5.95 Å². The molecule has 0 bridgehead atoms. The number of fused-ring (bicyclic) bond motifs is 1. The van der Waals surface area contributed by atoms with E-state index in [0.717, 1.165) is 25.7 Å². The summed E-state index contributed by atoms with van der Waals surface area (Å²) in [5, 5.41) is 12.2. The fourth-order valence-corrected chi connectivity index (χ4v) is 4.22. The quantitative estimate of drug-likeness (QED) is 0.528. The van der Waals surface area contributed by atoms with Crippen molar-refractivity contribution in [3.63, 3.8) is 0 Å². The minimum Gasteiger partial charge on any atom is -0.480 e. The van der Waals surface area contributed by atoms with Gasteiger partial charge in [0.25, 0.3) is 5.56 Å². The van der Waals surface area contributed by atoms with E-state index in [1.807, 2.05) is 4.57 Å². The van der Waals surface area contributed by atoms with Crippen LogP contribution in [0.2, 0.25) is 0 Å². The van der Waals surface area contributed by atoms with E-state index >= 15 is 0 Å². The normalized spacial score (nSPS) is 16.0. The first kappa shape index (κ1) is 18.2. The minimum absolute atomic E-state index is 0.0138. The molecule has 5 N–H and O–H groups in total. The summed E-state index contributed by atoms with van der Waals surface area (Å²) in [6.07, 6.45) is 4.00. The average Bonchev–Trinajstić information content (AvgIpc) is 3.17. The number of nitrogen functional groups attached to an aromatic ring is 1. The van der Waals surface area contributed by atoms with Crippen LogP contribution in [0, 0.1) is 0 Å². The van der Waals surface area contributed by atoms with Gasteiger partial charge in [-0.25, -0.2) is 9.78 Å². The van der Waals surface area contributed by atoms with Crippen molar-refractivity contribution in [2.45, 2.75) is 49.8 Å². The lowest BCUT2D eigenvalue weighted by Crippen LogP contribution is -2.41. The van der Waals surface area contributed by atoms with Crippen molar-refractivity contribution >= 4 is 40.8 Å². The number of H-pyrrole nitrogens is 1. The maximum atomic E-state index is 12.2. The molecule has 0 aliphatic heterocycles. The zero-order chi connectivity index (χ0) is 18.8. The van der Waals surface area contributed by atoms with Gasteiger partial charge in [-0.15, -0.1) is 0 Å². The van der Waals surface area contributed by atoms with Crippen molar-refractivity contribution in [3.05, 3.63) is 10.4 Å². The molecule has 0 spiro atoms. The van der Waals surface area contributed by atoms with E-state index in [1.165, 1.54) is 18.7 Å². The number of aromatic amines is 1. The molecule has 0 saturated heterocycles. The van der Waals surface area contributed by atoms with E-state index in [0.29, 0.717) is 10.8 Å². The Balaban J connectivity index is 1.97. The van der Waals surface area contributed by atoms with E-state index < -0.39 is 23.5 Å². The number of hydrogen-bond acceptors (Lipinski definition) is 7. The summed E-state index contributed by atoms with van der Waals surface area (Å²) in [5.41, 5.74) is 5.84. The predicted octanol–water partition coefficient (Wildman–Crippen LogP) is 0.498. The number of nitrogens with zero attached hydrogens (tertiary/aromatic N) is 3. The highest BCUT2D eigenvalue weighted by molar-refractivity contribution is 7.99. The van der Waals surface area contributed by atoms with Crippen LogP contribution in [0.1, 0.15) is 38.6 Å². The fraction of sp³-hybridized carbons (Fsp3) is 0.533. The molecule has 10 nitrogen and oxygen atoms in total. The number of hydrogen-bond donors (Lipinski definition) is 4. The van der Waals surface area contributed by atoms with E-state index in [4.69, 9.17) is 5.73 Å². The predicted molar refractivity (Wildman–Crippen MR) is 96.0 cm³/mol. The lowest BCUT2D eigenvalue weighted by molar-refractivity contribution is -0.140. The number of anilines is 1. The molecule has 2 heterocycles. The summed E-state index contributed by atoms with van der Waals surface area (Å²) >= 11 is 1.18. The average molecular weight is 380 g/mol. The second-order valence-electron chi connectivity index (χ2n) is 6.23. The maximum Gasteiger partial charge on any atom is 0.327 e. The van der Waals surface area contributed by atoms with Gasteiger partial charge in [-0.1, -0.05) is 24.6 Å². The molecule has 1 aliphatic rings. The summed E-state index contributed by atoms with van der Waals surface area (Å²) in [6, 6.07) is -0.911. The van der Waals surface area contributed by atoms with Crippen molar-refractivity contribution in [2.24, 2.45) is 0 Å². The topological polar surface area (TPSA) is 156 Å². The van der Waals surface area contributed by atoms with Crippen LogP contribution in [-0.4, -0.2) is 48.3 Å². The van der Waals surface area contributed by atoms with Crippen LogP contribution in [0.15, 0.2) is 9.95 Å². The number of nitrogens with two attached hydrogens (primary N) is 1. The highest BCUT2D eigenvalue weighted by atomic mass is 32.2. The first-order chi connectivity index (χ1) is 12.4. The molecule has 0 unspecified atom stereocenters. The first-order valence-electron chi connectivity index (χ1n) is 8.27. The summed E-state index contributed by atoms with van der Waals surface area (Å²) < 4.78 is 1.88. The van der Waals surface area contributed by atoms with Gasteiger partial charge >= 0.3 is 5.97 Å². The van der Waals surface area contributed by atoms with Gasteiger partial charge < -0.3 is 20.7 Å². The van der Waals surface area contributed by atoms with Gasteiger partial charge in [-0.05, 0) is 12.8 Å². The third kappa shape index (κ3) is 3.66. The summed E-state index contributed by atoms with van der Waals surface area (Å²) in [7, 11) is 0. The molecule has 1 fully saturated rings. The van der Waals surface area contributed by atoms with Crippen molar-refractivity contribution in [2.75, 3.05) is 11.5 Å². The van der Waals surface area contributed by atoms with Crippen molar-refractivity contribution in [1.29, 1.82) is 0 Å². The molecule has 140 valence electrons. The second kappa shape index (κ2) is 7.36. The number of carboxylic acids is 1. The van der Waals surface area contributed by atoms with Gasteiger partial charge in [0.1, 0.15) is 6.04 Å². The van der Waals surface area contributed by atoms with Crippen LogP contribution in [0.25, 0.3) is 11.2 Å².